The molecule has 0 aliphatic heterocycles. The lowest BCUT2D eigenvalue weighted by molar-refractivity contribution is 0.252. The van der Waals surface area contributed by atoms with Gasteiger partial charge in [-0.15, -0.1) is 24.0 Å². The van der Waals surface area contributed by atoms with Crippen molar-refractivity contribution in [2.45, 2.75) is 50.6 Å². The van der Waals surface area contributed by atoms with Gasteiger partial charge in [-0.25, -0.2) is 0 Å². The number of guanidine groups is 1. The second-order valence-corrected chi connectivity index (χ2v) is 5.50. The van der Waals surface area contributed by atoms with Crippen LogP contribution in [-0.4, -0.2) is 55.0 Å². The molecular formula is C13H27IN4. The van der Waals surface area contributed by atoms with Crippen molar-refractivity contribution < 1.29 is 0 Å². The molecule has 0 heterocycles. The van der Waals surface area contributed by atoms with Crippen molar-refractivity contribution in [2.75, 3.05) is 27.2 Å². The topological polar surface area (TPSA) is 44.9 Å². The van der Waals surface area contributed by atoms with Crippen molar-refractivity contribution >= 4 is 29.9 Å². The summed E-state index contributed by atoms with van der Waals surface area (Å²) in [5.74, 6) is 0.715. The Morgan fingerprint density at radius 3 is 2.28 bits per heavy atom. The first kappa shape index (κ1) is 16.0. The normalized spacial score (nSPS) is 21.2. The van der Waals surface area contributed by atoms with Gasteiger partial charge in [-0.3, -0.25) is 4.99 Å². The summed E-state index contributed by atoms with van der Waals surface area (Å²) in [7, 11) is 4.27. The highest BCUT2D eigenvalue weighted by Crippen LogP contribution is 2.25. The van der Waals surface area contributed by atoms with Crippen LogP contribution in [0.1, 0.15) is 38.5 Å². The highest BCUT2D eigenvalue weighted by molar-refractivity contribution is 14.0. The SMILES string of the molecule is CN(CCN=C(N)N(C)C1CC1)C1CCCC1.I. The van der Waals surface area contributed by atoms with Gasteiger partial charge in [0.1, 0.15) is 0 Å². The molecule has 2 fully saturated rings. The number of hydrogen-bond acceptors (Lipinski definition) is 2. The summed E-state index contributed by atoms with van der Waals surface area (Å²) in [5, 5.41) is 0. The maximum absolute atomic E-state index is 5.96. The first-order valence-electron chi connectivity index (χ1n) is 6.91. The summed E-state index contributed by atoms with van der Waals surface area (Å²) < 4.78 is 0. The Labute approximate surface area is 128 Å². The molecule has 0 saturated heterocycles. The minimum Gasteiger partial charge on any atom is -0.370 e. The molecule has 0 aromatic carbocycles. The third-order valence-electron chi connectivity index (χ3n) is 4.13. The molecule has 0 bridgehead atoms. The summed E-state index contributed by atoms with van der Waals surface area (Å²) >= 11 is 0. The lowest BCUT2D eigenvalue weighted by Crippen LogP contribution is -2.37. The van der Waals surface area contributed by atoms with Crippen molar-refractivity contribution in [2.24, 2.45) is 10.7 Å². The van der Waals surface area contributed by atoms with Gasteiger partial charge in [-0.2, -0.15) is 0 Å². The summed E-state index contributed by atoms with van der Waals surface area (Å²) in [4.78, 5) is 9.04. The van der Waals surface area contributed by atoms with E-state index >= 15 is 0 Å². The molecule has 2 rings (SSSR count). The number of nitrogens with zero attached hydrogens (tertiary/aromatic N) is 3. The summed E-state index contributed by atoms with van der Waals surface area (Å²) in [6.07, 6.45) is 8.05. The van der Waals surface area contributed by atoms with Crippen LogP contribution in [0.3, 0.4) is 0 Å². The maximum Gasteiger partial charge on any atom is 0.191 e. The van der Waals surface area contributed by atoms with Crippen LogP contribution in [0.25, 0.3) is 0 Å². The zero-order chi connectivity index (χ0) is 12.3. The second-order valence-electron chi connectivity index (χ2n) is 5.50. The van der Waals surface area contributed by atoms with E-state index in [0.29, 0.717) is 12.0 Å². The van der Waals surface area contributed by atoms with Crippen LogP contribution in [0.4, 0.5) is 0 Å². The fourth-order valence-corrected chi connectivity index (χ4v) is 2.61. The smallest absolute Gasteiger partial charge is 0.191 e. The lowest BCUT2D eigenvalue weighted by Gasteiger charge is -2.23. The number of aliphatic imine (C=N–C) groups is 1. The van der Waals surface area contributed by atoms with Crippen LogP contribution in [0.5, 0.6) is 0 Å². The van der Waals surface area contributed by atoms with Crippen LogP contribution in [0, 0.1) is 0 Å². The average molecular weight is 366 g/mol. The van der Waals surface area contributed by atoms with E-state index in [-0.39, 0.29) is 24.0 Å². The average Bonchev–Trinajstić information content (AvgIpc) is 3.02. The van der Waals surface area contributed by atoms with Gasteiger partial charge >= 0.3 is 0 Å². The van der Waals surface area contributed by atoms with Crippen LogP contribution in [0.15, 0.2) is 4.99 Å². The van der Waals surface area contributed by atoms with Gasteiger partial charge in [0, 0.05) is 25.7 Å². The zero-order valence-corrected chi connectivity index (χ0v) is 14.0. The van der Waals surface area contributed by atoms with Gasteiger partial charge in [-0.1, -0.05) is 12.8 Å². The Morgan fingerprint density at radius 1 is 1.11 bits per heavy atom. The Kier molecular flexibility index (Phi) is 6.70. The standard InChI is InChI=1S/C13H26N4.HI/c1-16(11-5-3-4-6-11)10-9-15-13(14)17(2)12-7-8-12;/h11-12H,3-10H2,1-2H3,(H2,14,15);1H. The van der Waals surface area contributed by atoms with Crippen molar-refractivity contribution in [3.05, 3.63) is 0 Å². The molecule has 5 heteroatoms. The molecule has 0 atom stereocenters. The summed E-state index contributed by atoms with van der Waals surface area (Å²) in [6.45, 7) is 1.86. The van der Waals surface area contributed by atoms with E-state index in [9.17, 15) is 0 Å². The molecule has 2 aliphatic carbocycles. The van der Waals surface area contributed by atoms with Gasteiger partial charge in [0.25, 0.3) is 0 Å². The first-order chi connectivity index (χ1) is 8.18. The highest BCUT2D eigenvalue weighted by Gasteiger charge is 2.27. The number of nitrogens with two attached hydrogens (primary N) is 1. The van der Waals surface area contributed by atoms with Crippen LogP contribution < -0.4 is 5.73 Å². The molecule has 2 saturated carbocycles. The van der Waals surface area contributed by atoms with E-state index in [2.05, 4.69) is 28.9 Å². The third kappa shape index (κ3) is 4.57. The zero-order valence-electron chi connectivity index (χ0n) is 11.6. The molecule has 18 heavy (non-hydrogen) atoms. The Balaban J connectivity index is 0.00000162. The van der Waals surface area contributed by atoms with Crippen molar-refractivity contribution in [3.63, 3.8) is 0 Å². The quantitative estimate of drug-likeness (QED) is 0.459. The van der Waals surface area contributed by atoms with Crippen molar-refractivity contribution in [1.82, 2.24) is 9.80 Å². The molecule has 0 aromatic rings. The number of hydrogen-bond donors (Lipinski definition) is 1. The molecule has 0 unspecified atom stereocenters. The van der Waals surface area contributed by atoms with E-state index in [1.165, 1.54) is 38.5 Å². The third-order valence-corrected chi connectivity index (χ3v) is 4.13. The van der Waals surface area contributed by atoms with E-state index in [1.807, 2.05) is 0 Å². The number of likely N-dealkylation sites (N-methyl/N-ethyl adjacent to an activating group) is 1. The Hall–Kier alpha value is -0.0400. The lowest BCUT2D eigenvalue weighted by atomic mass is 10.2. The maximum atomic E-state index is 5.96. The molecule has 106 valence electrons. The van der Waals surface area contributed by atoms with E-state index in [0.717, 1.165) is 19.1 Å². The van der Waals surface area contributed by atoms with E-state index in [1.54, 1.807) is 0 Å². The summed E-state index contributed by atoms with van der Waals surface area (Å²) in [5.41, 5.74) is 5.96. The molecule has 0 aromatic heterocycles. The van der Waals surface area contributed by atoms with Crippen molar-refractivity contribution in [3.8, 4) is 0 Å². The number of rotatable bonds is 5. The molecule has 0 amide bonds. The van der Waals surface area contributed by atoms with Gasteiger partial charge in [0.15, 0.2) is 5.96 Å². The fraction of sp³-hybridized carbons (Fsp3) is 0.923. The molecule has 0 spiro atoms. The Bertz CT molecular complexity index is 272. The minimum absolute atomic E-state index is 0. The van der Waals surface area contributed by atoms with Crippen LogP contribution >= 0.6 is 24.0 Å². The molecule has 4 nitrogen and oxygen atoms in total. The monoisotopic (exact) mass is 366 g/mol. The van der Waals surface area contributed by atoms with E-state index < -0.39 is 0 Å². The first-order valence-corrected chi connectivity index (χ1v) is 6.91. The molecule has 0 radical (unpaired) electrons. The highest BCUT2D eigenvalue weighted by atomic mass is 127. The molecular weight excluding hydrogens is 339 g/mol. The minimum atomic E-state index is 0. The largest absolute Gasteiger partial charge is 0.370 e. The predicted molar refractivity (Wildman–Crippen MR) is 87.6 cm³/mol. The Morgan fingerprint density at radius 2 is 1.72 bits per heavy atom. The number of halogens is 1. The molecule has 2 N–H and O–H groups in total. The molecule has 2 aliphatic rings. The van der Waals surface area contributed by atoms with Crippen molar-refractivity contribution in [1.29, 1.82) is 0 Å². The van der Waals surface area contributed by atoms with Gasteiger partial charge in [0.05, 0.1) is 6.54 Å². The van der Waals surface area contributed by atoms with Gasteiger partial charge < -0.3 is 15.5 Å². The predicted octanol–water partition coefficient (Wildman–Crippen LogP) is 1.89. The fourth-order valence-electron chi connectivity index (χ4n) is 2.61. The van der Waals surface area contributed by atoms with Gasteiger partial charge in [-0.05, 0) is 32.7 Å². The van der Waals surface area contributed by atoms with Crippen LogP contribution in [-0.2, 0) is 0 Å². The van der Waals surface area contributed by atoms with Gasteiger partial charge in [0.2, 0.25) is 0 Å². The van der Waals surface area contributed by atoms with Crippen LogP contribution in [0.2, 0.25) is 0 Å². The van der Waals surface area contributed by atoms with E-state index in [4.69, 9.17) is 5.73 Å². The second kappa shape index (κ2) is 7.53. The summed E-state index contributed by atoms with van der Waals surface area (Å²) in [6, 6.07) is 1.44.